The first-order valence-electron chi connectivity index (χ1n) is 4.89. The smallest absolute Gasteiger partial charge is 0.0931 e. The van der Waals surface area contributed by atoms with Crippen LogP contribution in [0.3, 0.4) is 0 Å². The van der Waals surface area contributed by atoms with Gasteiger partial charge in [0.25, 0.3) is 0 Å². The summed E-state index contributed by atoms with van der Waals surface area (Å²) in [7, 11) is 0. The van der Waals surface area contributed by atoms with Gasteiger partial charge in [-0.3, -0.25) is 0 Å². The Morgan fingerprint density at radius 3 is 2.93 bits per heavy atom. The Bertz CT molecular complexity index is 324. The predicted molar refractivity (Wildman–Crippen MR) is 73.2 cm³/mol. The zero-order valence-corrected chi connectivity index (χ0v) is 11.9. The number of rotatable bonds is 6. The monoisotopic (exact) mass is 307 g/mol. The fraction of sp³-hybridized carbons (Fsp3) is 0.455. The highest BCUT2D eigenvalue weighted by molar-refractivity contribution is 9.11. The van der Waals surface area contributed by atoms with Crippen molar-refractivity contribution in [3.63, 3.8) is 0 Å². The molecule has 1 heterocycles. The van der Waals surface area contributed by atoms with Gasteiger partial charge in [-0.05, 0) is 31.9 Å². The fourth-order valence-corrected chi connectivity index (χ4v) is 2.50. The zero-order chi connectivity index (χ0) is 11.3. The molecule has 0 amide bonds. The third-order valence-corrected chi connectivity index (χ3v) is 3.67. The van der Waals surface area contributed by atoms with Crippen LogP contribution >= 0.6 is 38.9 Å². The van der Waals surface area contributed by atoms with Crippen LogP contribution in [0, 0.1) is 0 Å². The third kappa shape index (κ3) is 5.71. The molecule has 0 aliphatic carbocycles. The van der Waals surface area contributed by atoms with Crippen LogP contribution in [0.15, 0.2) is 23.2 Å². The highest BCUT2D eigenvalue weighted by atomic mass is 79.9. The Hall–Kier alpha value is 0.170. The molecule has 0 radical (unpaired) electrons. The molecular formula is C11H15BrClNS. The molecule has 84 valence electrons. The van der Waals surface area contributed by atoms with Crippen LogP contribution in [0.5, 0.6) is 0 Å². The minimum absolute atomic E-state index is 0.500. The molecule has 15 heavy (non-hydrogen) atoms. The SMILES string of the molecule is C=C(Br)CNC(C)CCc1ccc(Cl)s1. The van der Waals surface area contributed by atoms with Crippen molar-refractivity contribution in [2.45, 2.75) is 25.8 Å². The number of thiophene rings is 1. The van der Waals surface area contributed by atoms with Crippen molar-refractivity contribution in [3.8, 4) is 0 Å². The molecule has 0 saturated carbocycles. The van der Waals surface area contributed by atoms with Gasteiger partial charge in [0, 0.05) is 21.9 Å². The Morgan fingerprint density at radius 2 is 2.40 bits per heavy atom. The molecule has 1 aromatic heterocycles. The fourth-order valence-electron chi connectivity index (χ4n) is 1.23. The van der Waals surface area contributed by atoms with Gasteiger partial charge in [0.2, 0.25) is 0 Å². The van der Waals surface area contributed by atoms with Crippen molar-refractivity contribution in [1.82, 2.24) is 5.32 Å². The molecular weight excluding hydrogens is 294 g/mol. The van der Waals surface area contributed by atoms with E-state index in [2.05, 4.69) is 40.8 Å². The van der Waals surface area contributed by atoms with Crippen molar-refractivity contribution in [2.24, 2.45) is 0 Å². The summed E-state index contributed by atoms with van der Waals surface area (Å²) in [5.74, 6) is 0. The van der Waals surface area contributed by atoms with E-state index < -0.39 is 0 Å². The van der Waals surface area contributed by atoms with Gasteiger partial charge in [-0.2, -0.15) is 0 Å². The van der Waals surface area contributed by atoms with Gasteiger partial charge >= 0.3 is 0 Å². The average Bonchev–Trinajstić information content (AvgIpc) is 2.58. The molecule has 1 aromatic rings. The molecule has 0 aromatic carbocycles. The van der Waals surface area contributed by atoms with E-state index in [-0.39, 0.29) is 0 Å². The maximum atomic E-state index is 5.86. The first-order valence-corrected chi connectivity index (χ1v) is 6.87. The number of hydrogen-bond donors (Lipinski definition) is 1. The third-order valence-electron chi connectivity index (χ3n) is 2.09. The van der Waals surface area contributed by atoms with Crippen molar-refractivity contribution < 1.29 is 0 Å². The van der Waals surface area contributed by atoms with Crippen LogP contribution in [0.2, 0.25) is 4.34 Å². The second kappa shape index (κ2) is 6.69. The van der Waals surface area contributed by atoms with E-state index >= 15 is 0 Å². The lowest BCUT2D eigenvalue weighted by molar-refractivity contribution is 0.544. The Balaban J connectivity index is 2.22. The van der Waals surface area contributed by atoms with Gasteiger partial charge in [0.15, 0.2) is 0 Å². The molecule has 0 fully saturated rings. The maximum Gasteiger partial charge on any atom is 0.0931 e. The van der Waals surface area contributed by atoms with Crippen molar-refractivity contribution in [1.29, 1.82) is 0 Å². The molecule has 0 aliphatic rings. The number of nitrogens with one attached hydrogen (secondary N) is 1. The zero-order valence-electron chi connectivity index (χ0n) is 8.72. The lowest BCUT2D eigenvalue weighted by atomic mass is 10.1. The van der Waals surface area contributed by atoms with Crippen LogP contribution in [0.1, 0.15) is 18.2 Å². The molecule has 0 bridgehead atoms. The summed E-state index contributed by atoms with van der Waals surface area (Å²) in [6.07, 6.45) is 2.21. The van der Waals surface area contributed by atoms with Gasteiger partial charge in [0.1, 0.15) is 0 Å². The summed E-state index contributed by atoms with van der Waals surface area (Å²) in [5, 5.41) is 3.38. The molecule has 1 nitrogen and oxygen atoms in total. The highest BCUT2D eigenvalue weighted by Gasteiger charge is 2.03. The summed E-state index contributed by atoms with van der Waals surface area (Å²) in [4.78, 5) is 1.35. The van der Waals surface area contributed by atoms with Gasteiger partial charge in [-0.25, -0.2) is 0 Å². The molecule has 1 unspecified atom stereocenters. The summed E-state index contributed by atoms with van der Waals surface area (Å²) in [6, 6.07) is 4.56. The quantitative estimate of drug-likeness (QED) is 0.829. The Morgan fingerprint density at radius 1 is 1.67 bits per heavy atom. The summed E-state index contributed by atoms with van der Waals surface area (Å²) < 4.78 is 1.87. The Labute approximate surface area is 109 Å². The molecule has 1 atom stereocenters. The molecule has 0 aliphatic heterocycles. The van der Waals surface area contributed by atoms with Crippen LogP contribution in [0.25, 0.3) is 0 Å². The van der Waals surface area contributed by atoms with Gasteiger partial charge < -0.3 is 5.32 Å². The van der Waals surface area contributed by atoms with Crippen molar-refractivity contribution in [2.75, 3.05) is 6.54 Å². The molecule has 0 saturated heterocycles. The van der Waals surface area contributed by atoms with E-state index in [1.807, 2.05) is 6.07 Å². The van der Waals surface area contributed by atoms with Crippen LogP contribution in [-0.2, 0) is 6.42 Å². The molecule has 0 spiro atoms. The van der Waals surface area contributed by atoms with Crippen LogP contribution in [-0.4, -0.2) is 12.6 Å². The number of aryl methyl sites for hydroxylation is 1. The standard InChI is InChI=1S/C11H15BrClNS/c1-8(12)7-14-9(2)3-4-10-5-6-11(13)15-10/h5-6,9,14H,1,3-4,7H2,2H3. The van der Waals surface area contributed by atoms with Gasteiger partial charge in [-0.1, -0.05) is 34.1 Å². The maximum absolute atomic E-state index is 5.86. The predicted octanol–water partition coefficient (Wildman–Crippen LogP) is 4.22. The number of hydrogen-bond acceptors (Lipinski definition) is 2. The minimum atomic E-state index is 0.500. The van der Waals surface area contributed by atoms with E-state index in [4.69, 9.17) is 11.6 Å². The van der Waals surface area contributed by atoms with Gasteiger partial charge in [0.05, 0.1) is 4.34 Å². The first kappa shape index (κ1) is 13.2. The first-order chi connectivity index (χ1) is 7.08. The Kier molecular flexibility index (Phi) is 5.90. The second-order valence-corrected chi connectivity index (χ2v) is 6.46. The van der Waals surface area contributed by atoms with E-state index in [0.29, 0.717) is 6.04 Å². The lowest BCUT2D eigenvalue weighted by Crippen LogP contribution is -2.27. The summed E-state index contributed by atoms with van der Waals surface area (Å²) >= 11 is 10.9. The van der Waals surface area contributed by atoms with E-state index in [0.717, 1.165) is 28.2 Å². The van der Waals surface area contributed by atoms with E-state index in [1.54, 1.807) is 11.3 Å². The van der Waals surface area contributed by atoms with Crippen LogP contribution < -0.4 is 5.32 Å². The second-order valence-electron chi connectivity index (χ2n) is 3.54. The van der Waals surface area contributed by atoms with E-state index in [9.17, 15) is 0 Å². The van der Waals surface area contributed by atoms with Gasteiger partial charge in [-0.15, -0.1) is 11.3 Å². The largest absolute Gasteiger partial charge is 0.310 e. The van der Waals surface area contributed by atoms with Crippen molar-refractivity contribution >= 4 is 38.9 Å². The molecule has 4 heteroatoms. The molecule has 1 rings (SSSR count). The van der Waals surface area contributed by atoms with E-state index in [1.165, 1.54) is 4.88 Å². The average molecular weight is 309 g/mol. The lowest BCUT2D eigenvalue weighted by Gasteiger charge is -2.12. The van der Waals surface area contributed by atoms with Crippen molar-refractivity contribution in [3.05, 3.63) is 32.4 Å². The molecule has 1 N–H and O–H groups in total. The minimum Gasteiger partial charge on any atom is -0.310 e. The van der Waals surface area contributed by atoms with Crippen LogP contribution in [0.4, 0.5) is 0 Å². The number of halogens is 2. The summed E-state index contributed by atoms with van der Waals surface area (Å²) in [6.45, 7) is 6.80. The summed E-state index contributed by atoms with van der Waals surface area (Å²) in [5.41, 5.74) is 0. The topological polar surface area (TPSA) is 12.0 Å². The highest BCUT2D eigenvalue weighted by Crippen LogP contribution is 2.22. The normalized spacial score (nSPS) is 12.7.